The quantitative estimate of drug-likeness (QED) is 0.867. The molecule has 17 heavy (non-hydrogen) atoms. The normalized spacial score (nSPS) is 10.9. The molecule has 1 aromatic heterocycles. The zero-order valence-electron chi connectivity index (χ0n) is 10.9. The van der Waals surface area contributed by atoms with Gasteiger partial charge in [-0.25, -0.2) is 4.98 Å². The average Bonchev–Trinajstić information content (AvgIpc) is 2.71. The van der Waals surface area contributed by atoms with E-state index in [1.54, 1.807) is 0 Å². The first-order valence-corrected chi connectivity index (χ1v) is 5.95. The van der Waals surface area contributed by atoms with E-state index in [-0.39, 0.29) is 0 Å². The number of aromatic nitrogens is 2. The molecule has 0 saturated heterocycles. The van der Waals surface area contributed by atoms with E-state index in [9.17, 15) is 0 Å². The summed E-state index contributed by atoms with van der Waals surface area (Å²) in [7, 11) is 0. The summed E-state index contributed by atoms with van der Waals surface area (Å²) < 4.78 is 2.13. The van der Waals surface area contributed by atoms with Gasteiger partial charge in [0.1, 0.15) is 0 Å². The molecule has 0 aliphatic carbocycles. The zero-order chi connectivity index (χ0) is 12.4. The summed E-state index contributed by atoms with van der Waals surface area (Å²) in [5.41, 5.74) is 3.60. The topological polar surface area (TPSA) is 29.9 Å². The van der Waals surface area contributed by atoms with Gasteiger partial charge in [0, 0.05) is 24.1 Å². The van der Waals surface area contributed by atoms with Crippen molar-refractivity contribution in [3.05, 3.63) is 41.7 Å². The number of aryl methyl sites for hydroxylation is 2. The second kappa shape index (κ2) is 4.62. The van der Waals surface area contributed by atoms with Crippen LogP contribution in [0.4, 0.5) is 11.6 Å². The van der Waals surface area contributed by atoms with Gasteiger partial charge in [-0.1, -0.05) is 12.1 Å². The first-order valence-electron chi connectivity index (χ1n) is 5.95. The van der Waals surface area contributed by atoms with E-state index >= 15 is 0 Å². The van der Waals surface area contributed by atoms with Crippen LogP contribution in [0.2, 0.25) is 0 Å². The van der Waals surface area contributed by atoms with E-state index in [0.717, 1.165) is 11.6 Å². The lowest BCUT2D eigenvalue weighted by atomic mass is 10.1. The first kappa shape index (κ1) is 11.7. The lowest BCUT2D eigenvalue weighted by molar-refractivity contribution is 0.608. The molecule has 0 unspecified atom stereocenters. The molecular formula is C14H19N3. The molecule has 0 spiro atoms. The van der Waals surface area contributed by atoms with Crippen molar-refractivity contribution in [2.24, 2.45) is 0 Å². The second-order valence-electron chi connectivity index (χ2n) is 4.70. The number of hydrogen-bond acceptors (Lipinski definition) is 2. The fourth-order valence-corrected chi connectivity index (χ4v) is 1.82. The predicted molar refractivity (Wildman–Crippen MR) is 71.8 cm³/mol. The van der Waals surface area contributed by atoms with Gasteiger partial charge in [-0.15, -0.1) is 0 Å². The minimum Gasteiger partial charge on any atom is -0.325 e. The Kier molecular flexibility index (Phi) is 3.18. The summed E-state index contributed by atoms with van der Waals surface area (Å²) in [5.74, 6) is 0.897. The lowest BCUT2D eigenvalue weighted by Gasteiger charge is -2.14. The lowest BCUT2D eigenvalue weighted by Crippen LogP contribution is -2.06. The highest BCUT2D eigenvalue weighted by Gasteiger charge is 2.07. The van der Waals surface area contributed by atoms with Crippen LogP contribution < -0.4 is 5.32 Å². The van der Waals surface area contributed by atoms with Crippen LogP contribution in [0.1, 0.15) is 31.0 Å². The maximum absolute atomic E-state index is 4.36. The smallest absolute Gasteiger partial charge is 0.207 e. The number of anilines is 2. The van der Waals surface area contributed by atoms with E-state index in [1.165, 1.54) is 11.1 Å². The van der Waals surface area contributed by atoms with E-state index < -0.39 is 0 Å². The highest BCUT2D eigenvalue weighted by molar-refractivity contribution is 5.59. The van der Waals surface area contributed by atoms with Crippen LogP contribution in [-0.4, -0.2) is 9.55 Å². The maximum Gasteiger partial charge on any atom is 0.207 e. The first-order chi connectivity index (χ1) is 8.08. The van der Waals surface area contributed by atoms with Crippen molar-refractivity contribution in [2.75, 3.05) is 5.32 Å². The number of imidazole rings is 1. The van der Waals surface area contributed by atoms with Gasteiger partial charge in [0.05, 0.1) is 0 Å². The molecule has 0 amide bonds. The Morgan fingerprint density at radius 2 is 2.00 bits per heavy atom. The average molecular weight is 229 g/mol. The Balaban J connectivity index is 2.31. The number of hydrogen-bond donors (Lipinski definition) is 1. The van der Waals surface area contributed by atoms with Crippen LogP contribution in [0.15, 0.2) is 30.6 Å². The molecule has 1 aromatic carbocycles. The van der Waals surface area contributed by atoms with Crippen LogP contribution in [0.3, 0.4) is 0 Å². The summed E-state index contributed by atoms with van der Waals surface area (Å²) in [6.07, 6.45) is 3.82. The molecule has 0 radical (unpaired) electrons. The van der Waals surface area contributed by atoms with E-state index in [2.05, 4.69) is 60.8 Å². The Bertz CT molecular complexity index is 512. The van der Waals surface area contributed by atoms with Gasteiger partial charge in [-0.3, -0.25) is 0 Å². The Morgan fingerprint density at radius 1 is 1.24 bits per heavy atom. The molecule has 0 bridgehead atoms. The van der Waals surface area contributed by atoms with Crippen molar-refractivity contribution in [2.45, 2.75) is 33.7 Å². The highest BCUT2D eigenvalue weighted by atomic mass is 15.2. The molecule has 1 N–H and O–H groups in total. The van der Waals surface area contributed by atoms with Crippen molar-refractivity contribution in [3.8, 4) is 0 Å². The van der Waals surface area contributed by atoms with Gasteiger partial charge in [-0.2, -0.15) is 0 Å². The summed E-state index contributed by atoms with van der Waals surface area (Å²) >= 11 is 0. The monoisotopic (exact) mass is 229 g/mol. The van der Waals surface area contributed by atoms with Gasteiger partial charge in [-0.05, 0) is 44.9 Å². The molecule has 1 heterocycles. The minimum absolute atomic E-state index is 0.408. The van der Waals surface area contributed by atoms with Crippen LogP contribution in [0, 0.1) is 13.8 Å². The summed E-state index contributed by atoms with van der Waals surface area (Å²) in [4.78, 5) is 4.36. The molecule has 3 nitrogen and oxygen atoms in total. The molecule has 0 aliphatic rings. The van der Waals surface area contributed by atoms with Gasteiger partial charge in [0.25, 0.3) is 0 Å². The van der Waals surface area contributed by atoms with Crippen LogP contribution in [-0.2, 0) is 0 Å². The standard InChI is InChI=1S/C14H19N3/c1-10(2)17-8-7-15-14(17)16-13-9-11(3)5-6-12(13)4/h5-10H,1-4H3,(H,15,16). The van der Waals surface area contributed by atoms with Gasteiger partial charge in [0.15, 0.2) is 0 Å². The third kappa shape index (κ3) is 2.49. The van der Waals surface area contributed by atoms with Crippen molar-refractivity contribution in [3.63, 3.8) is 0 Å². The Morgan fingerprint density at radius 3 is 2.71 bits per heavy atom. The zero-order valence-corrected chi connectivity index (χ0v) is 10.9. The van der Waals surface area contributed by atoms with Crippen LogP contribution in [0.5, 0.6) is 0 Å². The summed E-state index contributed by atoms with van der Waals surface area (Å²) in [6.45, 7) is 8.50. The van der Waals surface area contributed by atoms with Crippen molar-refractivity contribution < 1.29 is 0 Å². The molecule has 0 fully saturated rings. The SMILES string of the molecule is Cc1ccc(C)c(Nc2nccn2C(C)C)c1. The largest absolute Gasteiger partial charge is 0.325 e. The molecular weight excluding hydrogens is 210 g/mol. The van der Waals surface area contributed by atoms with E-state index in [0.29, 0.717) is 6.04 Å². The Labute approximate surface area is 103 Å². The molecule has 2 rings (SSSR count). The van der Waals surface area contributed by atoms with Crippen molar-refractivity contribution >= 4 is 11.6 Å². The van der Waals surface area contributed by atoms with Gasteiger partial charge < -0.3 is 9.88 Å². The Hall–Kier alpha value is -1.77. The molecule has 90 valence electrons. The maximum atomic E-state index is 4.36. The summed E-state index contributed by atoms with van der Waals surface area (Å²) in [6, 6.07) is 6.80. The molecule has 0 saturated carbocycles. The van der Waals surface area contributed by atoms with Gasteiger partial charge >= 0.3 is 0 Å². The molecule has 2 aromatic rings. The summed E-state index contributed by atoms with van der Waals surface area (Å²) in [5, 5.41) is 3.39. The van der Waals surface area contributed by atoms with E-state index in [4.69, 9.17) is 0 Å². The van der Waals surface area contributed by atoms with E-state index in [1.807, 2.05) is 12.4 Å². The van der Waals surface area contributed by atoms with Crippen molar-refractivity contribution in [1.29, 1.82) is 0 Å². The fourth-order valence-electron chi connectivity index (χ4n) is 1.82. The van der Waals surface area contributed by atoms with Gasteiger partial charge in [0.2, 0.25) is 5.95 Å². The highest BCUT2D eigenvalue weighted by Crippen LogP contribution is 2.22. The molecule has 3 heteroatoms. The second-order valence-corrected chi connectivity index (χ2v) is 4.70. The van der Waals surface area contributed by atoms with Crippen molar-refractivity contribution in [1.82, 2.24) is 9.55 Å². The minimum atomic E-state index is 0.408. The number of nitrogens with zero attached hydrogens (tertiary/aromatic N) is 2. The fraction of sp³-hybridized carbons (Fsp3) is 0.357. The number of nitrogens with one attached hydrogen (secondary N) is 1. The number of rotatable bonds is 3. The predicted octanol–water partition coefficient (Wildman–Crippen LogP) is 3.82. The third-order valence-corrected chi connectivity index (χ3v) is 2.86. The van der Waals surface area contributed by atoms with Crippen LogP contribution >= 0.6 is 0 Å². The molecule has 0 aliphatic heterocycles. The third-order valence-electron chi connectivity index (χ3n) is 2.86. The molecule has 0 atom stereocenters. The van der Waals surface area contributed by atoms with Crippen LogP contribution in [0.25, 0.3) is 0 Å². The number of benzene rings is 1.